The number of allylic oxidation sites excluding steroid dienone is 8. The van der Waals surface area contributed by atoms with Gasteiger partial charge in [0.25, 0.3) is 0 Å². The first kappa shape index (κ1) is 21.6. The molecule has 30 heavy (non-hydrogen) atoms. The van der Waals surface area contributed by atoms with E-state index in [4.69, 9.17) is 0 Å². The van der Waals surface area contributed by atoms with Crippen LogP contribution in [0.1, 0.15) is 77.3 Å². The van der Waals surface area contributed by atoms with Gasteiger partial charge in [-0.1, -0.05) is 101 Å². The third kappa shape index (κ3) is 3.34. The van der Waals surface area contributed by atoms with Crippen molar-refractivity contribution in [2.45, 2.75) is 80.1 Å². The van der Waals surface area contributed by atoms with E-state index in [1.807, 2.05) is 5.20 Å². The Hall–Kier alpha value is -1.60. The Labute approximate surface area is 187 Å². The zero-order valence-electron chi connectivity index (χ0n) is 20.1. The third-order valence-electron chi connectivity index (χ3n) is 8.95. The van der Waals surface area contributed by atoms with Gasteiger partial charge >= 0.3 is 0 Å². The third-order valence-corrected chi connectivity index (χ3v) is 11.4. The van der Waals surface area contributed by atoms with Crippen molar-refractivity contribution >= 4 is 14.7 Å². The highest BCUT2D eigenvalue weighted by Gasteiger charge is 2.55. The van der Waals surface area contributed by atoms with Crippen molar-refractivity contribution in [1.29, 1.82) is 0 Å². The highest BCUT2D eigenvalue weighted by Crippen LogP contribution is 2.64. The molecule has 0 spiro atoms. The van der Waals surface area contributed by atoms with E-state index in [-0.39, 0.29) is 10.8 Å². The van der Waals surface area contributed by atoms with Crippen LogP contribution < -0.4 is 5.19 Å². The van der Waals surface area contributed by atoms with Gasteiger partial charge in [0.2, 0.25) is 0 Å². The van der Waals surface area contributed by atoms with E-state index >= 15 is 0 Å². The average Bonchev–Trinajstić information content (AvgIpc) is 2.90. The Morgan fingerprint density at radius 2 is 1.50 bits per heavy atom. The van der Waals surface area contributed by atoms with Gasteiger partial charge in [-0.15, -0.1) is 0 Å². The van der Waals surface area contributed by atoms with Gasteiger partial charge in [-0.25, -0.2) is 0 Å². The standard InChI is InChI=1S/C29H40Si/c1-20-17-21(2)19-26(18-20)30-27-23(4)22(3)24(5)28(27,6)29(15-11-8-12-16-29)25-13-9-7-10-14-25/h8,11-12,15,17-19,25H,7,9-10,13-14,16,30H2,1-6H3. The van der Waals surface area contributed by atoms with Crippen molar-refractivity contribution < 1.29 is 0 Å². The van der Waals surface area contributed by atoms with E-state index in [2.05, 4.69) is 84.0 Å². The number of aryl methyl sites for hydroxylation is 2. The zero-order chi connectivity index (χ0) is 21.5. The highest BCUT2D eigenvalue weighted by molar-refractivity contribution is 6.62. The molecule has 4 rings (SSSR count). The van der Waals surface area contributed by atoms with Crippen molar-refractivity contribution in [3.63, 3.8) is 0 Å². The molecule has 0 bridgehead atoms. The molecule has 1 aromatic carbocycles. The van der Waals surface area contributed by atoms with Gasteiger partial charge in [-0.2, -0.15) is 0 Å². The number of hydrogen-bond acceptors (Lipinski definition) is 0. The molecule has 3 aliphatic carbocycles. The summed E-state index contributed by atoms with van der Waals surface area (Å²) in [6.45, 7) is 14.4. The molecule has 1 aromatic rings. The van der Waals surface area contributed by atoms with Crippen LogP contribution in [0.5, 0.6) is 0 Å². The summed E-state index contributed by atoms with van der Waals surface area (Å²) >= 11 is 0. The van der Waals surface area contributed by atoms with Crippen molar-refractivity contribution in [1.82, 2.24) is 0 Å². The number of benzene rings is 1. The van der Waals surface area contributed by atoms with Gasteiger partial charge in [0, 0.05) is 10.8 Å². The Balaban J connectivity index is 1.85. The lowest BCUT2D eigenvalue weighted by molar-refractivity contribution is 0.0758. The van der Waals surface area contributed by atoms with Gasteiger partial charge < -0.3 is 0 Å². The maximum absolute atomic E-state index is 2.65. The zero-order valence-corrected chi connectivity index (χ0v) is 21.5. The van der Waals surface area contributed by atoms with Crippen LogP contribution in [-0.4, -0.2) is 9.52 Å². The molecule has 1 heteroatoms. The van der Waals surface area contributed by atoms with Gasteiger partial charge in [0.05, 0.1) is 9.52 Å². The van der Waals surface area contributed by atoms with Gasteiger partial charge in [-0.05, 0) is 65.4 Å². The SMILES string of the molecule is CC1=C(C)C(C)(C2(C3CCCCC3)C=CC=CC2)C([SiH2]c2cc(C)cc(C)c2)=C1C. The minimum atomic E-state index is -0.531. The molecule has 160 valence electrons. The topological polar surface area (TPSA) is 0 Å². The van der Waals surface area contributed by atoms with Crippen LogP contribution >= 0.6 is 0 Å². The molecule has 0 saturated heterocycles. The Morgan fingerprint density at radius 3 is 2.10 bits per heavy atom. The quantitative estimate of drug-likeness (QED) is 0.473. The number of hydrogen-bond donors (Lipinski definition) is 0. The van der Waals surface area contributed by atoms with E-state index < -0.39 is 9.52 Å². The maximum atomic E-state index is 2.65. The van der Waals surface area contributed by atoms with E-state index in [1.165, 1.54) is 49.7 Å². The minimum Gasteiger partial charge on any atom is -0.0836 e. The summed E-state index contributed by atoms with van der Waals surface area (Å²) in [6, 6.07) is 7.25. The Bertz CT molecular complexity index is 930. The average molecular weight is 417 g/mol. The first-order chi connectivity index (χ1) is 14.3. The molecule has 0 aliphatic heterocycles. The van der Waals surface area contributed by atoms with Crippen molar-refractivity contribution in [3.8, 4) is 0 Å². The summed E-state index contributed by atoms with van der Waals surface area (Å²) in [4.78, 5) is 0. The van der Waals surface area contributed by atoms with E-state index in [0.29, 0.717) is 0 Å². The lowest BCUT2D eigenvalue weighted by Crippen LogP contribution is -2.48. The molecular weight excluding hydrogens is 376 g/mol. The lowest BCUT2D eigenvalue weighted by atomic mass is 9.51. The predicted octanol–water partition coefficient (Wildman–Crippen LogP) is 6.81. The van der Waals surface area contributed by atoms with Crippen LogP contribution in [0, 0.1) is 30.6 Å². The molecule has 3 aliphatic rings. The number of rotatable bonds is 4. The minimum absolute atomic E-state index is 0.161. The van der Waals surface area contributed by atoms with Crippen LogP contribution in [-0.2, 0) is 0 Å². The van der Waals surface area contributed by atoms with Crippen LogP contribution in [0.4, 0.5) is 0 Å². The highest BCUT2D eigenvalue weighted by atomic mass is 28.2. The molecule has 0 heterocycles. The van der Waals surface area contributed by atoms with Gasteiger partial charge in [0.1, 0.15) is 0 Å². The molecule has 0 N–H and O–H groups in total. The Morgan fingerprint density at radius 1 is 0.833 bits per heavy atom. The van der Waals surface area contributed by atoms with Gasteiger partial charge in [0.15, 0.2) is 0 Å². The summed E-state index contributed by atoms with van der Waals surface area (Å²) in [5.74, 6) is 0.800. The van der Waals surface area contributed by atoms with E-state index in [9.17, 15) is 0 Å². The Kier molecular flexibility index (Phi) is 5.87. The van der Waals surface area contributed by atoms with Crippen molar-refractivity contribution in [2.75, 3.05) is 0 Å². The van der Waals surface area contributed by atoms with E-state index in [0.717, 1.165) is 5.92 Å². The van der Waals surface area contributed by atoms with Crippen molar-refractivity contribution in [2.24, 2.45) is 16.7 Å². The fourth-order valence-corrected chi connectivity index (χ4v) is 9.87. The van der Waals surface area contributed by atoms with Crippen LogP contribution in [0.2, 0.25) is 0 Å². The lowest BCUT2D eigenvalue weighted by Gasteiger charge is -2.54. The predicted molar refractivity (Wildman–Crippen MR) is 135 cm³/mol. The maximum Gasteiger partial charge on any atom is 0.0839 e. The van der Waals surface area contributed by atoms with Crippen LogP contribution in [0.3, 0.4) is 0 Å². The summed E-state index contributed by atoms with van der Waals surface area (Å²) < 4.78 is 0. The molecule has 2 atom stereocenters. The second kappa shape index (κ2) is 8.15. The summed E-state index contributed by atoms with van der Waals surface area (Å²) in [5, 5.41) is 3.43. The van der Waals surface area contributed by atoms with Crippen LogP contribution in [0.25, 0.3) is 0 Å². The van der Waals surface area contributed by atoms with Gasteiger partial charge in [-0.3, -0.25) is 0 Å². The molecule has 1 fully saturated rings. The van der Waals surface area contributed by atoms with E-state index in [1.54, 1.807) is 21.9 Å². The van der Waals surface area contributed by atoms with Crippen molar-refractivity contribution in [3.05, 3.63) is 75.5 Å². The molecule has 0 aromatic heterocycles. The molecular formula is C29H40Si. The first-order valence-corrected chi connectivity index (χ1v) is 13.5. The monoisotopic (exact) mass is 416 g/mol. The fraction of sp³-hybridized carbons (Fsp3) is 0.517. The molecule has 2 unspecified atom stereocenters. The summed E-state index contributed by atoms with van der Waals surface area (Å²) in [6.07, 6.45) is 18.0. The molecule has 1 saturated carbocycles. The molecule has 0 amide bonds. The smallest absolute Gasteiger partial charge is 0.0836 e. The van der Waals surface area contributed by atoms with Crippen LogP contribution in [0.15, 0.2) is 64.4 Å². The second-order valence-corrected chi connectivity index (χ2v) is 12.4. The summed E-state index contributed by atoms with van der Waals surface area (Å²) in [7, 11) is -0.531. The normalized spacial score (nSPS) is 30.3. The summed E-state index contributed by atoms with van der Waals surface area (Å²) in [5.41, 5.74) is 8.07. The molecule has 0 nitrogen and oxygen atoms in total. The fourth-order valence-electron chi connectivity index (χ4n) is 7.13. The second-order valence-electron chi connectivity index (χ2n) is 10.5. The largest absolute Gasteiger partial charge is 0.0839 e. The first-order valence-electron chi connectivity index (χ1n) is 12.1. The molecule has 0 radical (unpaired) electrons.